The Kier molecular flexibility index (Phi) is 3.60. The van der Waals surface area contributed by atoms with Crippen molar-refractivity contribution in [3.05, 3.63) is 0 Å². The fourth-order valence-electron chi connectivity index (χ4n) is 1.31. The van der Waals surface area contributed by atoms with E-state index >= 15 is 0 Å². The van der Waals surface area contributed by atoms with Gasteiger partial charge in [-0.3, -0.25) is 0 Å². The van der Waals surface area contributed by atoms with Crippen LogP contribution in [-0.2, 0) is 9.47 Å². The lowest BCUT2D eigenvalue weighted by molar-refractivity contribution is -0.267. The normalized spacial score (nSPS) is 46.4. The molecule has 1 heterocycles. The molecule has 1 saturated heterocycles. The van der Waals surface area contributed by atoms with Gasteiger partial charge in [-0.15, -0.1) is 0 Å². The van der Waals surface area contributed by atoms with Crippen molar-refractivity contribution in [1.29, 1.82) is 0 Å². The number of hydrogen-bond acceptors (Lipinski definition) is 6. The number of hydrogen-bond donors (Lipinski definition) is 4. The van der Waals surface area contributed by atoms with Crippen LogP contribution < -0.4 is 5.73 Å². The van der Waals surface area contributed by atoms with Gasteiger partial charge < -0.3 is 30.5 Å². The molecule has 0 saturated carbocycles. The maximum Gasteiger partial charge on any atom is 0.185 e. The van der Waals surface area contributed by atoms with Gasteiger partial charge in [0.25, 0.3) is 0 Å². The molecule has 6 heteroatoms. The van der Waals surface area contributed by atoms with Crippen LogP contribution in [0.3, 0.4) is 0 Å². The first-order valence-electron chi connectivity index (χ1n) is 4.02. The van der Waals surface area contributed by atoms with Gasteiger partial charge in [0.15, 0.2) is 6.29 Å². The molecule has 5 atom stereocenters. The third-order valence-electron chi connectivity index (χ3n) is 2.17. The number of ether oxygens (including phenoxy) is 2. The van der Waals surface area contributed by atoms with Crippen molar-refractivity contribution in [1.82, 2.24) is 0 Å². The van der Waals surface area contributed by atoms with E-state index in [4.69, 9.17) is 20.3 Å². The molecule has 0 spiro atoms. The van der Waals surface area contributed by atoms with Crippen LogP contribution in [0.2, 0.25) is 0 Å². The number of nitrogens with two attached hydrogens (primary N) is 1. The van der Waals surface area contributed by atoms with Crippen LogP contribution in [0.15, 0.2) is 0 Å². The molecule has 0 amide bonds. The molecule has 5 N–H and O–H groups in total. The van der Waals surface area contributed by atoms with E-state index in [1.807, 2.05) is 0 Å². The summed E-state index contributed by atoms with van der Waals surface area (Å²) < 4.78 is 9.81. The van der Waals surface area contributed by atoms with E-state index in [1.54, 1.807) is 0 Å². The highest BCUT2D eigenvalue weighted by atomic mass is 16.7. The van der Waals surface area contributed by atoms with Gasteiger partial charge in [0.05, 0.1) is 12.6 Å². The van der Waals surface area contributed by atoms with Crippen LogP contribution in [0.4, 0.5) is 0 Å². The van der Waals surface area contributed by atoms with Gasteiger partial charge in [-0.25, -0.2) is 0 Å². The first kappa shape index (κ1) is 10.8. The Morgan fingerprint density at radius 3 is 2.46 bits per heavy atom. The lowest BCUT2D eigenvalue weighted by atomic mass is 9.97. The van der Waals surface area contributed by atoms with Gasteiger partial charge in [0, 0.05) is 7.11 Å². The van der Waals surface area contributed by atoms with E-state index in [1.165, 1.54) is 7.11 Å². The first-order valence-corrected chi connectivity index (χ1v) is 4.02. The van der Waals surface area contributed by atoms with Gasteiger partial charge in [0.2, 0.25) is 0 Å². The molecule has 6 nitrogen and oxygen atoms in total. The number of methoxy groups -OCH3 is 1. The van der Waals surface area contributed by atoms with E-state index in [9.17, 15) is 10.2 Å². The topological polar surface area (TPSA) is 105 Å². The van der Waals surface area contributed by atoms with E-state index in [2.05, 4.69) is 0 Å². The standard InChI is InChI=1S/C7H15NO5/c1-12-7-6(11)4(8)5(10)3(2-9)13-7/h3-7,9-11H,2,8H2,1H3. The first-order chi connectivity index (χ1) is 6.11. The van der Waals surface area contributed by atoms with Gasteiger partial charge in [0.1, 0.15) is 18.3 Å². The average Bonchev–Trinajstić information content (AvgIpc) is 2.15. The summed E-state index contributed by atoms with van der Waals surface area (Å²) in [5.74, 6) is 0. The second-order valence-corrected chi connectivity index (χ2v) is 3.02. The molecule has 0 aliphatic carbocycles. The Hall–Kier alpha value is -0.240. The molecule has 13 heavy (non-hydrogen) atoms. The third kappa shape index (κ3) is 1.98. The Labute approximate surface area is 75.9 Å². The maximum atomic E-state index is 9.40. The van der Waals surface area contributed by atoms with E-state index in [-0.39, 0.29) is 6.61 Å². The minimum atomic E-state index is -1.08. The fraction of sp³-hybridized carbons (Fsp3) is 1.00. The summed E-state index contributed by atoms with van der Waals surface area (Å²) in [6, 6.07) is -0.865. The zero-order valence-corrected chi connectivity index (χ0v) is 7.33. The van der Waals surface area contributed by atoms with E-state index < -0.39 is 30.6 Å². The zero-order valence-electron chi connectivity index (χ0n) is 7.33. The summed E-state index contributed by atoms with van der Waals surface area (Å²) in [4.78, 5) is 0. The summed E-state index contributed by atoms with van der Waals surface area (Å²) >= 11 is 0. The van der Waals surface area contributed by atoms with Crippen molar-refractivity contribution in [3.63, 3.8) is 0 Å². The summed E-state index contributed by atoms with van der Waals surface area (Å²) in [6.07, 6.45) is -3.85. The van der Waals surface area contributed by atoms with Crippen molar-refractivity contribution in [2.75, 3.05) is 13.7 Å². The molecule has 0 bridgehead atoms. The summed E-state index contributed by atoms with van der Waals surface area (Å²) in [7, 11) is 1.35. The number of rotatable bonds is 2. The molecule has 1 aliphatic rings. The SMILES string of the molecule is COC1OC(CO)C(O)C(N)C1O. The lowest BCUT2D eigenvalue weighted by Crippen LogP contribution is -2.62. The van der Waals surface area contributed by atoms with Gasteiger partial charge >= 0.3 is 0 Å². The van der Waals surface area contributed by atoms with Crippen LogP contribution >= 0.6 is 0 Å². The molecule has 1 rings (SSSR count). The van der Waals surface area contributed by atoms with Gasteiger partial charge in [-0.2, -0.15) is 0 Å². The molecule has 1 fully saturated rings. The minimum absolute atomic E-state index is 0.360. The molecule has 1 aliphatic heterocycles. The minimum Gasteiger partial charge on any atom is -0.394 e. The molecular weight excluding hydrogens is 178 g/mol. The Bertz CT molecular complexity index is 147. The second-order valence-electron chi connectivity index (χ2n) is 3.02. The third-order valence-corrected chi connectivity index (χ3v) is 2.17. The molecule has 5 unspecified atom stereocenters. The fourth-order valence-corrected chi connectivity index (χ4v) is 1.31. The van der Waals surface area contributed by atoms with Crippen LogP contribution in [0.5, 0.6) is 0 Å². The lowest BCUT2D eigenvalue weighted by Gasteiger charge is -2.39. The summed E-state index contributed by atoms with van der Waals surface area (Å²) in [5.41, 5.74) is 5.48. The van der Waals surface area contributed by atoms with Crippen LogP contribution in [0.1, 0.15) is 0 Å². The highest BCUT2D eigenvalue weighted by molar-refractivity contribution is 4.91. The van der Waals surface area contributed by atoms with Crippen LogP contribution in [0, 0.1) is 0 Å². The highest BCUT2D eigenvalue weighted by Crippen LogP contribution is 2.19. The van der Waals surface area contributed by atoms with Crippen molar-refractivity contribution >= 4 is 0 Å². The zero-order chi connectivity index (χ0) is 10.0. The van der Waals surface area contributed by atoms with Crippen molar-refractivity contribution in [2.24, 2.45) is 5.73 Å². The Morgan fingerprint density at radius 2 is 2.00 bits per heavy atom. The summed E-state index contributed by atoms with van der Waals surface area (Å²) in [6.45, 7) is -0.360. The number of aliphatic hydroxyl groups excluding tert-OH is 3. The van der Waals surface area contributed by atoms with Gasteiger partial charge in [-0.05, 0) is 0 Å². The largest absolute Gasteiger partial charge is 0.394 e. The molecular formula is C7H15NO5. The molecule has 0 radical (unpaired) electrons. The molecule has 0 aromatic carbocycles. The highest BCUT2D eigenvalue weighted by Gasteiger charge is 2.42. The Balaban J connectivity index is 2.66. The predicted octanol–water partition coefficient (Wildman–Crippen LogP) is -2.60. The van der Waals surface area contributed by atoms with Crippen LogP contribution in [-0.4, -0.2) is 59.7 Å². The van der Waals surface area contributed by atoms with Crippen LogP contribution in [0.25, 0.3) is 0 Å². The molecule has 0 aromatic rings. The predicted molar refractivity (Wildman–Crippen MR) is 42.7 cm³/mol. The number of aliphatic hydroxyl groups is 3. The maximum absolute atomic E-state index is 9.40. The molecule has 0 aromatic heterocycles. The second kappa shape index (κ2) is 4.32. The van der Waals surface area contributed by atoms with Gasteiger partial charge in [-0.1, -0.05) is 0 Å². The smallest absolute Gasteiger partial charge is 0.185 e. The average molecular weight is 193 g/mol. The van der Waals surface area contributed by atoms with E-state index in [0.717, 1.165) is 0 Å². The quantitative estimate of drug-likeness (QED) is 0.383. The monoisotopic (exact) mass is 193 g/mol. The van der Waals surface area contributed by atoms with Crippen molar-refractivity contribution < 1.29 is 24.8 Å². The van der Waals surface area contributed by atoms with E-state index in [0.29, 0.717) is 0 Å². The molecule has 78 valence electrons. The Morgan fingerprint density at radius 1 is 1.38 bits per heavy atom. The van der Waals surface area contributed by atoms with Crippen molar-refractivity contribution in [3.8, 4) is 0 Å². The summed E-state index contributed by atoms with van der Waals surface area (Å²) in [5, 5.41) is 27.6. The van der Waals surface area contributed by atoms with Crippen molar-refractivity contribution in [2.45, 2.75) is 30.6 Å².